The summed E-state index contributed by atoms with van der Waals surface area (Å²) in [4.78, 5) is 28.0. The van der Waals surface area contributed by atoms with E-state index < -0.39 is 17.7 Å². The summed E-state index contributed by atoms with van der Waals surface area (Å²) in [5.74, 6) is -1.85. The van der Waals surface area contributed by atoms with Gasteiger partial charge in [0.15, 0.2) is 0 Å². The standard InChI is InChI=1S/C26H20Cl3NO4/c1-13-8-19(25(34-3)20(29)9-13)23(31)21-22(18-7-5-4-6-14(18)2)30(26(33)24(21)32)17-11-15(27)10-16(28)12-17/h4-12,22,31H,1-3H3/b23-21+. The molecule has 0 spiro atoms. The van der Waals surface area contributed by atoms with Crippen LogP contribution in [0.5, 0.6) is 5.75 Å². The first-order valence-electron chi connectivity index (χ1n) is 10.3. The number of Topliss-reactive ketones (excluding diaryl/α,β-unsaturated/α-hetero) is 1. The molecule has 1 unspecified atom stereocenters. The average Bonchev–Trinajstić information content (AvgIpc) is 3.03. The minimum atomic E-state index is -0.931. The fourth-order valence-electron chi connectivity index (χ4n) is 4.22. The van der Waals surface area contributed by atoms with Gasteiger partial charge < -0.3 is 9.84 Å². The summed E-state index contributed by atoms with van der Waals surface area (Å²) in [5.41, 5.74) is 2.70. The maximum atomic E-state index is 13.4. The number of anilines is 1. The molecule has 34 heavy (non-hydrogen) atoms. The summed E-state index contributed by atoms with van der Waals surface area (Å²) in [5, 5.41) is 12.3. The first-order valence-corrected chi connectivity index (χ1v) is 11.4. The monoisotopic (exact) mass is 515 g/mol. The van der Waals surface area contributed by atoms with Crippen LogP contribution in [-0.2, 0) is 9.59 Å². The second-order valence-electron chi connectivity index (χ2n) is 7.98. The Morgan fingerprint density at radius 3 is 2.24 bits per heavy atom. The molecule has 4 rings (SSSR count). The fourth-order valence-corrected chi connectivity index (χ4v) is 5.09. The Kier molecular flexibility index (Phi) is 6.63. The first kappa shape index (κ1) is 24.1. The van der Waals surface area contributed by atoms with E-state index in [-0.39, 0.29) is 27.7 Å². The van der Waals surface area contributed by atoms with E-state index in [9.17, 15) is 14.7 Å². The van der Waals surface area contributed by atoms with Crippen LogP contribution in [0.1, 0.15) is 28.3 Å². The molecule has 8 heteroatoms. The third kappa shape index (κ3) is 4.16. The second-order valence-corrected chi connectivity index (χ2v) is 9.26. The Morgan fingerprint density at radius 1 is 0.971 bits per heavy atom. The maximum absolute atomic E-state index is 13.4. The van der Waals surface area contributed by atoms with Crippen LogP contribution in [0.2, 0.25) is 15.1 Å². The van der Waals surface area contributed by atoms with Crippen molar-refractivity contribution in [3.63, 3.8) is 0 Å². The predicted octanol–water partition coefficient (Wildman–Crippen LogP) is 6.90. The van der Waals surface area contributed by atoms with E-state index >= 15 is 0 Å². The van der Waals surface area contributed by atoms with Crippen molar-refractivity contribution in [3.8, 4) is 5.75 Å². The molecule has 0 saturated carbocycles. The highest BCUT2D eigenvalue weighted by Gasteiger charge is 2.47. The predicted molar refractivity (Wildman–Crippen MR) is 135 cm³/mol. The summed E-state index contributed by atoms with van der Waals surface area (Å²) >= 11 is 18.8. The van der Waals surface area contributed by atoms with Crippen LogP contribution in [0.3, 0.4) is 0 Å². The number of carbonyl (C=O) groups excluding carboxylic acids is 2. The highest BCUT2D eigenvalue weighted by molar-refractivity contribution is 6.52. The van der Waals surface area contributed by atoms with Gasteiger partial charge in [0.1, 0.15) is 11.5 Å². The number of methoxy groups -OCH3 is 1. The molecular weight excluding hydrogens is 497 g/mol. The van der Waals surface area contributed by atoms with Gasteiger partial charge in [0.2, 0.25) is 0 Å². The van der Waals surface area contributed by atoms with E-state index in [2.05, 4.69) is 0 Å². The number of aliphatic hydroxyl groups excluding tert-OH is 1. The van der Waals surface area contributed by atoms with Crippen molar-refractivity contribution in [2.45, 2.75) is 19.9 Å². The number of benzene rings is 3. The van der Waals surface area contributed by atoms with E-state index in [4.69, 9.17) is 39.5 Å². The van der Waals surface area contributed by atoms with Crippen LogP contribution in [0.4, 0.5) is 5.69 Å². The van der Waals surface area contributed by atoms with Gasteiger partial charge >= 0.3 is 0 Å². The van der Waals surface area contributed by atoms with Gasteiger partial charge in [-0.15, -0.1) is 0 Å². The molecule has 1 N–H and O–H groups in total. The van der Waals surface area contributed by atoms with E-state index in [0.717, 1.165) is 11.1 Å². The highest BCUT2D eigenvalue weighted by atomic mass is 35.5. The van der Waals surface area contributed by atoms with Crippen LogP contribution >= 0.6 is 34.8 Å². The van der Waals surface area contributed by atoms with Crippen LogP contribution in [0, 0.1) is 13.8 Å². The number of hydrogen-bond acceptors (Lipinski definition) is 4. The van der Waals surface area contributed by atoms with Gasteiger partial charge in [-0.3, -0.25) is 14.5 Å². The Hall–Kier alpha value is -2.99. The van der Waals surface area contributed by atoms with Gasteiger partial charge in [-0.05, 0) is 60.9 Å². The topological polar surface area (TPSA) is 66.8 Å². The van der Waals surface area contributed by atoms with E-state index in [1.807, 2.05) is 19.1 Å². The molecule has 0 radical (unpaired) electrons. The first-order chi connectivity index (χ1) is 16.1. The number of hydrogen-bond donors (Lipinski definition) is 1. The third-order valence-corrected chi connectivity index (χ3v) is 6.42. The average molecular weight is 517 g/mol. The number of nitrogens with zero attached hydrogens (tertiary/aromatic N) is 1. The number of ether oxygens (including phenoxy) is 1. The third-order valence-electron chi connectivity index (χ3n) is 5.70. The van der Waals surface area contributed by atoms with Gasteiger partial charge in [0.05, 0.1) is 29.3 Å². The minimum absolute atomic E-state index is 0.0876. The largest absolute Gasteiger partial charge is 0.507 e. The van der Waals surface area contributed by atoms with Gasteiger partial charge in [-0.25, -0.2) is 0 Å². The molecule has 1 heterocycles. The molecule has 1 fully saturated rings. The minimum Gasteiger partial charge on any atom is -0.507 e. The zero-order valence-electron chi connectivity index (χ0n) is 18.5. The van der Waals surface area contributed by atoms with Crippen LogP contribution in [-0.4, -0.2) is 23.9 Å². The number of amides is 1. The zero-order valence-corrected chi connectivity index (χ0v) is 20.8. The highest BCUT2D eigenvalue weighted by Crippen LogP contribution is 2.46. The van der Waals surface area contributed by atoms with Crippen molar-refractivity contribution in [1.82, 2.24) is 0 Å². The van der Waals surface area contributed by atoms with Gasteiger partial charge in [0.25, 0.3) is 11.7 Å². The summed E-state index contributed by atoms with van der Waals surface area (Å²) in [7, 11) is 1.42. The summed E-state index contributed by atoms with van der Waals surface area (Å²) in [6.45, 7) is 3.66. The lowest BCUT2D eigenvalue weighted by atomic mass is 9.92. The number of carbonyl (C=O) groups is 2. The second kappa shape index (κ2) is 9.34. The molecule has 0 aromatic heterocycles. The SMILES string of the molecule is COc1c(Cl)cc(C)cc1/C(O)=C1\C(=O)C(=O)N(c2cc(Cl)cc(Cl)c2)C1c1ccccc1C. The molecule has 1 amide bonds. The zero-order chi connectivity index (χ0) is 24.7. The van der Waals surface area contributed by atoms with Crippen molar-refractivity contribution in [1.29, 1.82) is 0 Å². The Bertz CT molecular complexity index is 1350. The lowest BCUT2D eigenvalue weighted by Crippen LogP contribution is -2.29. The molecule has 174 valence electrons. The fraction of sp³-hybridized carbons (Fsp3) is 0.154. The summed E-state index contributed by atoms with van der Waals surface area (Å²) in [6, 6.07) is 14.4. The van der Waals surface area contributed by atoms with Crippen LogP contribution in [0.15, 0.2) is 60.2 Å². The van der Waals surface area contributed by atoms with Gasteiger partial charge in [-0.1, -0.05) is 59.1 Å². The number of halogens is 3. The molecule has 1 aliphatic heterocycles. The van der Waals surface area contributed by atoms with Crippen molar-refractivity contribution < 1.29 is 19.4 Å². The van der Waals surface area contributed by atoms with Crippen LogP contribution < -0.4 is 9.64 Å². The normalized spacial score (nSPS) is 17.4. The maximum Gasteiger partial charge on any atom is 0.300 e. The molecule has 1 saturated heterocycles. The molecule has 5 nitrogen and oxygen atoms in total. The van der Waals surface area contributed by atoms with E-state index in [1.54, 1.807) is 43.3 Å². The van der Waals surface area contributed by atoms with Gasteiger partial charge in [-0.2, -0.15) is 0 Å². The number of rotatable bonds is 4. The number of aryl methyl sites for hydroxylation is 2. The van der Waals surface area contributed by atoms with Crippen molar-refractivity contribution in [2.75, 3.05) is 12.0 Å². The Morgan fingerprint density at radius 2 is 1.62 bits per heavy atom. The summed E-state index contributed by atoms with van der Waals surface area (Å²) in [6.07, 6.45) is 0. The number of aliphatic hydroxyl groups is 1. The molecule has 1 atom stereocenters. The summed E-state index contributed by atoms with van der Waals surface area (Å²) < 4.78 is 5.41. The molecule has 1 aliphatic rings. The van der Waals surface area contributed by atoms with Crippen LogP contribution in [0.25, 0.3) is 5.76 Å². The lowest BCUT2D eigenvalue weighted by Gasteiger charge is -2.27. The Balaban J connectivity index is 2.05. The van der Waals surface area contributed by atoms with Crippen molar-refractivity contribution in [2.24, 2.45) is 0 Å². The lowest BCUT2D eigenvalue weighted by molar-refractivity contribution is -0.132. The van der Waals surface area contributed by atoms with E-state index in [1.165, 1.54) is 18.1 Å². The molecule has 0 bridgehead atoms. The molecule has 0 aliphatic carbocycles. The quantitative estimate of drug-likeness (QED) is 0.233. The smallest absolute Gasteiger partial charge is 0.300 e. The molecule has 3 aromatic carbocycles. The number of ketones is 1. The van der Waals surface area contributed by atoms with Crippen molar-refractivity contribution >= 4 is 57.9 Å². The Labute approximate surface area is 212 Å². The van der Waals surface area contributed by atoms with Gasteiger partial charge in [0, 0.05) is 15.7 Å². The van der Waals surface area contributed by atoms with Crippen molar-refractivity contribution in [3.05, 3.63) is 97.5 Å². The van der Waals surface area contributed by atoms with E-state index in [0.29, 0.717) is 21.3 Å². The molecule has 3 aromatic rings. The molecular formula is C26H20Cl3NO4.